The van der Waals surface area contributed by atoms with E-state index < -0.39 is 17.2 Å². The van der Waals surface area contributed by atoms with Crippen LogP contribution in [0, 0.1) is 13.8 Å². The van der Waals surface area contributed by atoms with Crippen molar-refractivity contribution in [2.45, 2.75) is 19.4 Å². The van der Waals surface area contributed by atoms with Crippen LogP contribution in [-0.4, -0.2) is 23.3 Å². The summed E-state index contributed by atoms with van der Waals surface area (Å²) in [6.07, 6.45) is 1.64. The normalized spacial score (nSPS) is 15.3. The van der Waals surface area contributed by atoms with Gasteiger partial charge in [0.2, 0.25) is 17.2 Å². The van der Waals surface area contributed by atoms with Crippen molar-refractivity contribution in [2.24, 2.45) is 0 Å². The molecule has 0 spiro atoms. The number of carbonyl (C=O) groups is 2. The Morgan fingerprint density at radius 1 is 1.08 bits per heavy atom. The number of carbonyl (C=O) groups excluding carboxylic acids is 2. The highest BCUT2D eigenvalue weighted by atomic mass is 16.5. The summed E-state index contributed by atoms with van der Waals surface area (Å²) in [6, 6.07) is 9.75. The van der Waals surface area contributed by atoms with E-state index in [-0.39, 0.29) is 16.7 Å². The first-order valence-corrected chi connectivity index (χ1v) is 7.67. The van der Waals surface area contributed by atoms with E-state index in [0.29, 0.717) is 12.4 Å². The molecule has 0 radical (unpaired) electrons. The molecule has 3 rings (SSSR count). The number of ether oxygens (including phenoxy) is 1. The molecule has 1 N–H and O–H groups in total. The summed E-state index contributed by atoms with van der Waals surface area (Å²) in [5.74, 6) is -0.499. The molecule has 0 aromatic heterocycles. The second kappa shape index (κ2) is 5.73. The average molecular weight is 322 g/mol. The van der Waals surface area contributed by atoms with Gasteiger partial charge in [0.1, 0.15) is 12.4 Å². The highest BCUT2D eigenvalue weighted by Gasteiger charge is 2.53. The number of hydrogen-bond acceptors (Lipinski definition) is 4. The molecule has 1 aliphatic rings. The number of Topliss-reactive ketones (excluding diaryl/α,β-unsaturated/α-hetero) is 2. The summed E-state index contributed by atoms with van der Waals surface area (Å²) in [5.41, 5.74) is 0.110. The van der Waals surface area contributed by atoms with Crippen molar-refractivity contribution in [1.82, 2.24) is 0 Å². The molecule has 0 saturated heterocycles. The summed E-state index contributed by atoms with van der Waals surface area (Å²) in [6.45, 7) is 7.60. The van der Waals surface area contributed by atoms with Crippen molar-refractivity contribution in [1.29, 1.82) is 0 Å². The standard InChI is InChI=1S/C20H18O4/c1-4-9-24-17-12(2)10-14(11-13(17)3)20(23)18(21)15-7-5-6-8-16(15)19(20)22/h4-8,10-11,23H,1,9H2,2-3H3. The first-order chi connectivity index (χ1) is 11.4. The Hall–Kier alpha value is -2.72. The molecule has 0 aliphatic heterocycles. The van der Waals surface area contributed by atoms with Crippen LogP contribution in [0.5, 0.6) is 5.75 Å². The highest BCUT2D eigenvalue weighted by molar-refractivity contribution is 6.31. The molecule has 0 bridgehead atoms. The van der Waals surface area contributed by atoms with Gasteiger partial charge in [0.25, 0.3) is 0 Å². The molecule has 1 aliphatic carbocycles. The number of ketones is 2. The highest BCUT2D eigenvalue weighted by Crippen LogP contribution is 2.39. The van der Waals surface area contributed by atoms with Gasteiger partial charge in [0.15, 0.2) is 0 Å². The van der Waals surface area contributed by atoms with E-state index in [1.807, 2.05) is 13.8 Å². The van der Waals surface area contributed by atoms with E-state index in [1.54, 1.807) is 42.5 Å². The summed E-state index contributed by atoms with van der Waals surface area (Å²) >= 11 is 0. The van der Waals surface area contributed by atoms with Crippen LogP contribution in [0.15, 0.2) is 49.1 Å². The van der Waals surface area contributed by atoms with Crippen molar-refractivity contribution in [3.63, 3.8) is 0 Å². The predicted octanol–water partition coefficient (Wildman–Crippen LogP) is 3.14. The van der Waals surface area contributed by atoms with E-state index in [2.05, 4.69) is 6.58 Å². The van der Waals surface area contributed by atoms with Crippen LogP contribution in [0.2, 0.25) is 0 Å². The second-order valence-corrected chi connectivity index (χ2v) is 5.95. The number of rotatable bonds is 4. The molecule has 0 amide bonds. The van der Waals surface area contributed by atoms with Crippen LogP contribution in [0.3, 0.4) is 0 Å². The second-order valence-electron chi connectivity index (χ2n) is 5.95. The van der Waals surface area contributed by atoms with Gasteiger partial charge in [-0.3, -0.25) is 9.59 Å². The smallest absolute Gasteiger partial charge is 0.216 e. The van der Waals surface area contributed by atoms with Gasteiger partial charge in [-0.25, -0.2) is 0 Å². The van der Waals surface area contributed by atoms with Gasteiger partial charge in [-0.2, -0.15) is 0 Å². The number of hydrogen-bond donors (Lipinski definition) is 1. The zero-order valence-corrected chi connectivity index (χ0v) is 13.6. The SMILES string of the molecule is C=CCOc1c(C)cc(C2(O)C(=O)c3ccccc3C2=O)cc1C. The van der Waals surface area contributed by atoms with E-state index in [0.717, 1.165) is 11.1 Å². The summed E-state index contributed by atoms with van der Waals surface area (Å²) in [5, 5.41) is 11.0. The van der Waals surface area contributed by atoms with Crippen molar-refractivity contribution in [3.05, 3.63) is 76.9 Å². The van der Waals surface area contributed by atoms with E-state index in [4.69, 9.17) is 4.74 Å². The van der Waals surface area contributed by atoms with Gasteiger partial charge < -0.3 is 9.84 Å². The molecule has 4 heteroatoms. The van der Waals surface area contributed by atoms with Crippen molar-refractivity contribution >= 4 is 11.6 Å². The van der Waals surface area contributed by atoms with Crippen LogP contribution in [0.25, 0.3) is 0 Å². The Labute approximate surface area is 140 Å². The largest absolute Gasteiger partial charge is 0.489 e. The van der Waals surface area contributed by atoms with E-state index in [1.165, 1.54) is 0 Å². The van der Waals surface area contributed by atoms with Crippen LogP contribution in [-0.2, 0) is 5.60 Å². The zero-order valence-electron chi connectivity index (χ0n) is 13.6. The first kappa shape index (κ1) is 16.1. The van der Waals surface area contributed by atoms with Gasteiger partial charge in [0, 0.05) is 16.7 Å². The Kier molecular flexibility index (Phi) is 3.85. The monoisotopic (exact) mass is 322 g/mol. The lowest BCUT2D eigenvalue weighted by Gasteiger charge is -2.22. The molecule has 0 saturated carbocycles. The third-order valence-electron chi connectivity index (χ3n) is 4.30. The summed E-state index contributed by atoms with van der Waals surface area (Å²) < 4.78 is 5.61. The molecule has 2 aromatic carbocycles. The number of benzene rings is 2. The molecule has 0 unspecified atom stereocenters. The Morgan fingerprint density at radius 2 is 1.58 bits per heavy atom. The lowest BCUT2D eigenvalue weighted by atomic mass is 9.86. The summed E-state index contributed by atoms with van der Waals surface area (Å²) in [7, 11) is 0. The minimum Gasteiger partial charge on any atom is -0.489 e. The maximum absolute atomic E-state index is 12.7. The average Bonchev–Trinajstić information content (AvgIpc) is 2.77. The number of aliphatic hydroxyl groups is 1. The predicted molar refractivity (Wildman–Crippen MR) is 90.6 cm³/mol. The maximum Gasteiger partial charge on any atom is 0.216 e. The maximum atomic E-state index is 12.7. The fourth-order valence-corrected chi connectivity index (χ4v) is 3.16. The Bertz CT molecular complexity index is 806. The van der Waals surface area contributed by atoms with Crippen molar-refractivity contribution in [3.8, 4) is 5.75 Å². The van der Waals surface area contributed by atoms with Crippen LogP contribution < -0.4 is 4.74 Å². The minimum absolute atomic E-state index is 0.257. The third kappa shape index (κ3) is 2.19. The van der Waals surface area contributed by atoms with Crippen LogP contribution >= 0.6 is 0 Å². The Morgan fingerprint density at radius 3 is 2.04 bits per heavy atom. The lowest BCUT2D eigenvalue weighted by molar-refractivity contribution is 0.0321. The van der Waals surface area contributed by atoms with E-state index >= 15 is 0 Å². The van der Waals surface area contributed by atoms with E-state index in [9.17, 15) is 14.7 Å². The van der Waals surface area contributed by atoms with Gasteiger partial charge in [-0.15, -0.1) is 0 Å². The molecule has 2 aromatic rings. The molecular weight excluding hydrogens is 304 g/mol. The van der Waals surface area contributed by atoms with Gasteiger partial charge in [-0.05, 0) is 37.1 Å². The van der Waals surface area contributed by atoms with Gasteiger partial charge >= 0.3 is 0 Å². The quantitative estimate of drug-likeness (QED) is 0.694. The topological polar surface area (TPSA) is 63.6 Å². The van der Waals surface area contributed by atoms with Gasteiger partial charge in [0.05, 0.1) is 0 Å². The molecule has 24 heavy (non-hydrogen) atoms. The molecule has 4 nitrogen and oxygen atoms in total. The number of aryl methyl sites for hydroxylation is 2. The molecule has 122 valence electrons. The minimum atomic E-state index is -2.17. The Balaban J connectivity index is 2.11. The molecule has 0 heterocycles. The fourth-order valence-electron chi connectivity index (χ4n) is 3.16. The summed E-state index contributed by atoms with van der Waals surface area (Å²) in [4.78, 5) is 25.4. The third-order valence-corrected chi connectivity index (χ3v) is 4.30. The van der Waals surface area contributed by atoms with Crippen molar-refractivity contribution < 1.29 is 19.4 Å². The molecule has 0 atom stereocenters. The fraction of sp³-hybridized carbons (Fsp3) is 0.200. The lowest BCUT2D eigenvalue weighted by Crippen LogP contribution is -2.38. The van der Waals surface area contributed by atoms with Crippen LogP contribution in [0.1, 0.15) is 37.4 Å². The molecule has 0 fully saturated rings. The molecular formula is C20H18O4. The number of fused-ring (bicyclic) bond motifs is 1. The zero-order chi connectivity index (χ0) is 17.5. The van der Waals surface area contributed by atoms with Crippen molar-refractivity contribution in [2.75, 3.05) is 6.61 Å². The first-order valence-electron chi connectivity index (χ1n) is 7.67. The van der Waals surface area contributed by atoms with Gasteiger partial charge in [-0.1, -0.05) is 36.9 Å². The van der Waals surface area contributed by atoms with Crippen LogP contribution in [0.4, 0.5) is 0 Å².